The summed E-state index contributed by atoms with van der Waals surface area (Å²) in [5.74, 6) is 0. The van der Waals surface area contributed by atoms with Crippen LogP contribution in [-0.4, -0.2) is 29.7 Å². The summed E-state index contributed by atoms with van der Waals surface area (Å²) in [4.78, 5) is 8.29. The molecule has 0 aliphatic heterocycles. The molecule has 0 spiro atoms. The normalized spacial score (nSPS) is 15.1. The highest BCUT2D eigenvalue weighted by Crippen LogP contribution is 2.15. The van der Waals surface area contributed by atoms with E-state index in [1.807, 2.05) is 20.9 Å². The number of hydrogen-bond acceptors (Lipinski definition) is 4. The van der Waals surface area contributed by atoms with Crippen LogP contribution >= 0.6 is 0 Å². The van der Waals surface area contributed by atoms with Crippen molar-refractivity contribution in [3.05, 3.63) is 24.3 Å². The Kier molecular flexibility index (Phi) is 4.49. The molecule has 0 saturated carbocycles. The van der Waals surface area contributed by atoms with Gasteiger partial charge in [0.15, 0.2) is 0 Å². The van der Waals surface area contributed by atoms with Gasteiger partial charge in [-0.3, -0.25) is 9.97 Å². The molecule has 1 N–H and O–H groups in total. The summed E-state index contributed by atoms with van der Waals surface area (Å²) in [5, 5.41) is 3.18. The van der Waals surface area contributed by atoms with Crippen LogP contribution in [0.1, 0.15) is 25.6 Å². The lowest BCUT2D eigenvalue weighted by molar-refractivity contribution is 0.0481. The molecule has 1 heterocycles. The fraction of sp³-hybridized carbons (Fsp3) is 0.600. The predicted octanol–water partition coefficient (Wildman–Crippen LogP) is 1.16. The minimum absolute atomic E-state index is 0.0988. The lowest BCUT2D eigenvalue weighted by Crippen LogP contribution is -2.30. The first kappa shape index (κ1) is 11.1. The Bertz CT molecular complexity index is 253. The molecule has 4 heteroatoms. The number of nitrogens with zero attached hydrogens (tertiary/aromatic N) is 2. The lowest BCUT2D eigenvalue weighted by atomic mass is 10.1. The van der Waals surface area contributed by atoms with Gasteiger partial charge in [0.2, 0.25) is 0 Å². The van der Waals surface area contributed by atoms with E-state index in [0.717, 1.165) is 5.69 Å². The van der Waals surface area contributed by atoms with E-state index in [9.17, 15) is 0 Å². The van der Waals surface area contributed by atoms with Crippen LogP contribution in [0.5, 0.6) is 0 Å². The first-order valence-corrected chi connectivity index (χ1v) is 4.84. The first-order valence-electron chi connectivity index (χ1n) is 4.84. The molecule has 0 radical (unpaired) electrons. The molecule has 0 aromatic carbocycles. The van der Waals surface area contributed by atoms with E-state index >= 15 is 0 Å². The third kappa shape index (κ3) is 2.75. The first-order chi connectivity index (χ1) is 6.79. The molecule has 14 heavy (non-hydrogen) atoms. The zero-order valence-electron chi connectivity index (χ0n) is 8.90. The van der Waals surface area contributed by atoms with Gasteiger partial charge in [-0.2, -0.15) is 0 Å². The molecule has 0 bridgehead atoms. The van der Waals surface area contributed by atoms with Crippen molar-refractivity contribution in [2.75, 3.05) is 13.7 Å². The maximum Gasteiger partial charge on any atom is 0.0782 e. The van der Waals surface area contributed by atoms with Crippen LogP contribution in [0.3, 0.4) is 0 Å². The van der Waals surface area contributed by atoms with E-state index in [1.54, 1.807) is 18.6 Å². The predicted molar refractivity (Wildman–Crippen MR) is 54.9 cm³/mol. The SMILES string of the molecule is CCOC(C)C(NC)c1cnccn1. The van der Waals surface area contributed by atoms with Gasteiger partial charge in [0.05, 0.1) is 24.0 Å². The summed E-state index contributed by atoms with van der Waals surface area (Å²) < 4.78 is 5.52. The Hall–Kier alpha value is -1.00. The third-order valence-electron chi connectivity index (χ3n) is 2.11. The molecule has 0 amide bonds. The Balaban J connectivity index is 2.71. The molecule has 1 rings (SSSR count). The second-order valence-electron chi connectivity index (χ2n) is 3.06. The standard InChI is InChI=1S/C10H17N3O/c1-4-14-8(2)10(11-3)9-7-12-5-6-13-9/h5-8,10-11H,4H2,1-3H3. The van der Waals surface area contributed by atoms with E-state index < -0.39 is 0 Å². The molecule has 0 aliphatic carbocycles. The van der Waals surface area contributed by atoms with E-state index in [0.29, 0.717) is 6.61 Å². The minimum Gasteiger partial charge on any atom is -0.377 e. The van der Waals surface area contributed by atoms with Gasteiger partial charge in [-0.15, -0.1) is 0 Å². The molecule has 2 atom stereocenters. The maximum atomic E-state index is 5.52. The quantitative estimate of drug-likeness (QED) is 0.766. The molecular formula is C10H17N3O. The van der Waals surface area contributed by atoms with Crippen LogP contribution in [0.4, 0.5) is 0 Å². The van der Waals surface area contributed by atoms with Crippen LogP contribution in [-0.2, 0) is 4.74 Å². The number of likely N-dealkylation sites (N-methyl/N-ethyl adjacent to an activating group) is 1. The zero-order valence-corrected chi connectivity index (χ0v) is 8.90. The van der Waals surface area contributed by atoms with Crippen molar-refractivity contribution >= 4 is 0 Å². The average molecular weight is 195 g/mol. The van der Waals surface area contributed by atoms with Crippen LogP contribution < -0.4 is 5.32 Å². The summed E-state index contributed by atoms with van der Waals surface area (Å²) >= 11 is 0. The summed E-state index contributed by atoms with van der Waals surface area (Å²) in [5.41, 5.74) is 0.913. The highest BCUT2D eigenvalue weighted by molar-refractivity contribution is 5.03. The number of nitrogens with one attached hydrogen (secondary N) is 1. The van der Waals surface area contributed by atoms with E-state index in [4.69, 9.17) is 4.74 Å². The van der Waals surface area contributed by atoms with E-state index in [-0.39, 0.29) is 12.1 Å². The highest BCUT2D eigenvalue weighted by atomic mass is 16.5. The van der Waals surface area contributed by atoms with Gasteiger partial charge in [-0.25, -0.2) is 0 Å². The molecule has 1 aromatic heterocycles. The van der Waals surface area contributed by atoms with Gasteiger partial charge in [0.25, 0.3) is 0 Å². The maximum absolute atomic E-state index is 5.52. The Morgan fingerprint density at radius 2 is 2.29 bits per heavy atom. The number of hydrogen-bond donors (Lipinski definition) is 1. The monoisotopic (exact) mass is 195 g/mol. The van der Waals surface area contributed by atoms with Crippen molar-refractivity contribution in [2.24, 2.45) is 0 Å². The number of aromatic nitrogens is 2. The Morgan fingerprint density at radius 1 is 1.50 bits per heavy atom. The fourth-order valence-electron chi connectivity index (χ4n) is 1.45. The molecular weight excluding hydrogens is 178 g/mol. The molecule has 2 unspecified atom stereocenters. The van der Waals surface area contributed by atoms with Crippen LogP contribution in [0.15, 0.2) is 18.6 Å². The summed E-state index contributed by atoms with van der Waals surface area (Å²) in [7, 11) is 1.90. The van der Waals surface area contributed by atoms with Crippen LogP contribution in [0.25, 0.3) is 0 Å². The van der Waals surface area contributed by atoms with Gasteiger partial charge in [0, 0.05) is 19.0 Å². The van der Waals surface area contributed by atoms with Crippen molar-refractivity contribution in [3.8, 4) is 0 Å². The fourth-order valence-corrected chi connectivity index (χ4v) is 1.45. The summed E-state index contributed by atoms with van der Waals surface area (Å²) in [6.07, 6.45) is 5.22. The molecule has 78 valence electrons. The van der Waals surface area contributed by atoms with Crippen molar-refractivity contribution in [1.82, 2.24) is 15.3 Å². The van der Waals surface area contributed by atoms with Crippen molar-refractivity contribution < 1.29 is 4.74 Å². The van der Waals surface area contributed by atoms with Crippen LogP contribution in [0.2, 0.25) is 0 Å². The van der Waals surface area contributed by atoms with Gasteiger partial charge >= 0.3 is 0 Å². The van der Waals surface area contributed by atoms with E-state index in [1.165, 1.54) is 0 Å². The topological polar surface area (TPSA) is 47.0 Å². The second-order valence-corrected chi connectivity index (χ2v) is 3.06. The summed E-state index contributed by atoms with van der Waals surface area (Å²) in [6.45, 7) is 4.72. The molecule has 4 nitrogen and oxygen atoms in total. The third-order valence-corrected chi connectivity index (χ3v) is 2.11. The zero-order chi connectivity index (χ0) is 10.4. The van der Waals surface area contributed by atoms with Gasteiger partial charge < -0.3 is 10.1 Å². The number of rotatable bonds is 5. The van der Waals surface area contributed by atoms with Gasteiger partial charge in [-0.1, -0.05) is 0 Å². The van der Waals surface area contributed by atoms with E-state index in [2.05, 4.69) is 15.3 Å². The minimum atomic E-state index is 0.0988. The van der Waals surface area contributed by atoms with Crippen LogP contribution in [0, 0.1) is 0 Å². The van der Waals surface area contributed by atoms with Gasteiger partial charge in [0.1, 0.15) is 0 Å². The largest absolute Gasteiger partial charge is 0.377 e. The van der Waals surface area contributed by atoms with Crippen molar-refractivity contribution in [1.29, 1.82) is 0 Å². The molecule has 0 saturated heterocycles. The molecule has 0 fully saturated rings. The smallest absolute Gasteiger partial charge is 0.0782 e. The Labute approximate surface area is 84.7 Å². The lowest BCUT2D eigenvalue weighted by Gasteiger charge is -2.22. The van der Waals surface area contributed by atoms with Crippen molar-refractivity contribution in [3.63, 3.8) is 0 Å². The average Bonchev–Trinajstić information content (AvgIpc) is 2.21. The molecule has 0 aliphatic rings. The molecule has 1 aromatic rings. The van der Waals surface area contributed by atoms with Crippen molar-refractivity contribution in [2.45, 2.75) is 26.0 Å². The highest BCUT2D eigenvalue weighted by Gasteiger charge is 2.18. The number of ether oxygens (including phenoxy) is 1. The Morgan fingerprint density at radius 3 is 2.79 bits per heavy atom. The second kappa shape index (κ2) is 5.67. The van der Waals surface area contributed by atoms with Gasteiger partial charge in [-0.05, 0) is 20.9 Å². The summed E-state index contributed by atoms with van der Waals surface area (Å²) in [6, 6.07) is 0.101.